The zero-order valence-electron chi connectivity index (χ0n) is 13.5. The second kappa shape index (κ2) is 5.84. The van der Waals surface area contributed by atoms with E-state index < -0.39 is 0 Å². The first-order chi connectivity index (χ1) is 9.75. The molecule has 3 nitrogen and oxygen atoms in total. The Labute approximate surface area is 127 Å². The minimum absolute atomic E-state index is 0.106. The van der Waals surface area contributed by atoms with Gasteiger partial charge >= 0.3 is 0 Å². The van der Waals surface area contributed by atoms with Crippen molar-refractivity contribution in [2.75, 3.05) is 0 Å². The van der Waals surface area contributed by atoms with Crippen molar-refractivity contribution in [2.45, 2.75) is 46.5 Å². The van der Waals surface area contributed by atoms with Gasteiger partial charge < -0.3 is 5.32 Å². The Balaban J connectivity index is 2.20. The molecule has 1 aromatic carbocycles. The predicted molar refractivity (Wildman–Crippen MR) is 88.2 cm³/mol. The standard InChI is InChI=1S/C18H24N2O/c1-12(2)10-16-19-15(17(21)20-16)11-13-6-8-14(9-7-13)18(3,4)5/h6-9,11-12H,10H2,1-5H3,(H,19,20,21)/b15-11+. The van der Waals surface area contributed by atoms with Crippen LogP contribution in [0.15, 0.2) is 35.0 Å². The van der Waals surface area contributed by atoms with Gasteiger partial charge in [-0.2, -0.15) is 0 Å². The average Bonchev–Trinajstić information content (AvgIpc) is 2.68. The molecule has 112 valence electrons. The van der Waals surface area contributed by atoms with Gasteiger partial charge in [-0.25, -0.2) is 4.99 Å². The number of nitrogens with zero attached hydrogens (tertiary/aromatic N) is 1. The molecule has 0 spiro atoms. The molecule has 0 unspecified atom stereocenters. The Hall–Kier alpha value is -1.90. The maximum Gasteiger partial charge on any atom is 0.275 e. The highest BCUT2D eigenvalue weighted by molar-refractivity contribution is 6.14. The fraction of sp³-hybridized carbons (Fsp3) is 0.444. The van der Waals surface area contributed by atoms with Crippen LogP contribution in [0.25, 0.3) is 6.08 Å². The molecule has 1 N–H and O–H groups in total. The van der Waals surface area contributed by atoms with E-state index in [4.69, 9.17) is 0 Å². The summed E-state index contributed by atoms with van der Waals surface area (Å²) in [5, 5.41) is 2.83. The second-order valence-electron chi connectivity index (χ2n) is 7.01. The third-order valence-electron chi connectivity index (χ3n) is 3.43. The first-order valence-corrected chi connectivity index (χ1v) is 7.47. The van der Waals surface area contributed by atoms with E-state index in [1.165, 1.54) is 5.56 Å². The molecule has 0 bridgehead atoms. The summed E-state index contributed by atoms with van der Waals surface area (Å²) in [5.41, 5.74) is 2.92. The van der Waals surface area contributed by atoms with Gasteiger partial charge in [0.25, 0.3) is 5.91 Å². The highest BCUT2D eigenvalue weighted by atomic mass is 16.2. The van der Waals surface area contributed by atoms with Gasteiger partial charge in [0.2, 0.25) is 0 Å². The van der Waals surface area contributed by atoms with Crippen LogP contribution in [0, 0.1) is 5.92 Å². The Morgan fingerprint density at radius 1 is 1.19 bits per heavy atom. The van der Waals surface area contributed by atoms with Crippen molar-refractivity contribution in [2.24, 2.45) is 10.9 Å². The number of amides is 1. The Morgan fingerprint density at radius 3 is 2.33 bits per heavy atom. The van der Waals surface area contributed by atoms with Gasteiger partial charge in [0.15, 0.2) is 0 Å². The lowest BCUT2D eigenvalue weighted by Crippen LogP contribution is -2.24. The van der Waals surface area contributed by atoms with Gasteiger partial charge in [-0.1, -0.05) is 58.9 Å². The molecule has 1 aliphatic rings. The topological polar surface area (TPSA) is 41.5 Å². The maximum atomic E-state index is 11.9. The van der Waals surface area contributed by atoms with Crippen LogP contribution in [0.5, 0.6) is 0 Å². The first kappa shape index (κ1) is 15.5. The Bertz CT molecular complexity index is 587. The van der Waals surface area contributed by atoms with Crippen LogP contribution < -0.4 is 5.32 Å². The minimum Gasteiger partial charge on any atom is -0.309 e. The summed E-state index contributed by atoms with van der Waals surface area (Å²) >= 11 is 0. The van der Waals surface area contributed by atoms with E-state index in [1.54, 1.807) is 0 Å². The lowest BCUT2D eigenvalue weighted by molar-refractivity contribution is -0.115. The summed E-state index contributed by atoms with van der Waals surface area (Å²) in [6, 6.07) is 8.30. The number of benzene rings is 1. The maximum absolute atomic E-state index is 11.9. The van der Waals surface area contributed by atoms with Crippen LogP contribution in [-0.2, 0) is 10.2 Å². The highest BCUT2D eigenvalue weighted by Crippen LogP contribution is 2.23. The zero-order chi connectivity index (χ0) is 15.6. The van der Waals surface area contributed by atoms with E-state index in [2.05, 4.69) is 57.1 Å². The van der Waals surface area contributed by atoms with E-state index in [0.717, 1.165) is 17.8 Å². The smallest absolute Gasteiger partial charge is 0.275 e. The summed E-state index contributed by atoms with van der Waals surface area (Å²) in [6.45, 7) is 10.8. The van der Waals surface area contributed by atoms with Crippen molar-refractivity contribution in [3.05, 3.63) is 41.1 Å². The summed E-state index contributed by atoms with van der Waals surface area (Å²) < 4.78 is 0. The van der Waals surface area contributed by atoms with E-state index in [0.29, 0.717) is 11.6 Å². The van der Waals surface area contributed by atoms with Crippen LogP contribution in [0.1, 0.15) is 52.2 Å². The Kier molecular flexibility index (Phi) is 4.31. The Morgan fingerprint density at radius 2 is 1.81 bits per heavy atom. The quantitative estimate of drug-likeness (QED) is 0.840. The fourth-order valence-corrected chi connectivity index (χ4v) is 2.24. The monoisotopic (exact) mass is 284 g/mol. The van der Waals surface area contributed by atoms with E-state index in [-0.39, 0.29) is 11.3 Å². The first-order valence-electron chi connectivity index (χ1n) is 7.47. The number of carbonyl (C=O) groups is 1. The molecule has 1 aromatic rings. The molecule has 21 heavy (non-hydrogen) atoms. The number of nitrogens with one attached hydrogen (secondary N) is 1. The van der Waals surface area contributed by atoms with Crippen LogP contribution >= 0.6 is 0 Å². The molecule has 0 radical (unpaired) electrons. The molecule has 0 aliphatic carbocycles. The highest BCUT2D eigenvalue weighted by Gasteiger charge is 2.20. The minimum atomic E-state index is -0.106. The molecular weight excluding hydrogens is 260 g/mol. The van der Waals surface area contributed by atoms with Crippen molar-refractivity contribution < 1.29 is 4.79 Å². The fourth-order valence-electron chi connectivity index (χ4n) is 2.24. The van der Waals surface area contributed by atoms with Crippen molar-refractivity contribution in [3.8, 4) is 0 Å². The third-order valence-corrected chi connectivity index (χ3v) is 3.43. The van der Waals surface area contributed by atoms with Crippen molar-refractivity contribution in [1.29, 1.82) is 0 Å². The number of aliphatic imine (C=N–C) groups is 1. The van der Waals surface area contributed by atoms with Crippen molar-refractivity contribution >= 4 is 17.8 Å². The molecule has 0 atom stereocenters. The molecule has 0 saturated heterocycles. The predicted octanol–water partition coefficient (Wildman–Crippen LogP) is 3.90. The summed E-state index contributed by atoms with van der Waals surface area (Å²) in [6.07, 6.45) is 2.64. The van der Waals surface area contributed by atoms with Crippen LogP contribution in [0.2, 0.25) is 0 Å². The molecule has 1 aliphatic heterocycles. The normalized spacial score (nSPS) is 17.3. The molecule has 0 aromatic heterocycles. The zero-order valence-corrected chi connectivity index (χ0v) is 13.5. The van der Waals surface area contributed by atoms with Crippen LogP contribution in [0.3, 0.4) is 0 Å². The molecular formula is C18H24N2O. The molecule has 3 heteroatoms. The molecule has 2 rings (SSSR count). The van der Waals surface area contributed by atoms with Crippen molar-refractivity contribution in [3.63, 3.8) is 0 Å². The number of carbonyl (C=O) groups excluding carboxylic acids is 1. The number of hydrogen-bond acceptors (Lipinski definition) is 2. The van der Waals surface area contributed by atoms with Crippen LogP contribution in [-0.4, -0.2) is 11.7 Å². The molecule has 1 amide bonds. The van der Waals surface area contributed by atoms with Gasteiger partial charge in [-0.05, 0) is 28.5 Å². The SMILES string of the molecule is CC(C)CC1=N/C(=C/c2ccc(C(C)(C)C)cc2)C(=O)N1. The van der Waals surface area contributed by atoms with Gasteiger partial charge in [0, 0.05) is 6.42 Å². The number of amidine groups is 1. The lowest BCUT2D eigenvalue weighted by Gasteiger charge is -2.18. The van der Waals surface area contributed by atoms with Crippen molar-refractivity contribution in [1.82, 2.24) is 5.32 Å². The average molecular weight is 284 g/mol. The van der Waals surface area contributed by atoms with Gasteiger partial charge in [-0.15, -0.1) is 0 Å². The number of hydrogen-bond donors (Lipinski definition) is 1. The molecule has 1 heterocycles. The molecule has 0 saturated carbocycles. The third kappa shape index (κ3) is 4.03. The van der Waals surface area contributed by atoms with E-state index in [9.17, 15) is 4.79 Å². The molecule has 0 fully saturated rings. The van der Waals surface area contributed by atoms with Gasteiger partial charge in [0.05, 0.1) is 0 Å². The lowest BCUT2D eigenvalue weighted by atomic mass is 9.87. The van der Waals surface area contributed by atoms with E-state index in [1.807, 2.05) is 18.2 Å². The van der Waals surface area contributed by atoms with Gasteiger partial charge in [-0.3, -0.25) is 4.79 Å². The largest absolute Gasteiger partial charge is 0.309 e. The summed E-state index contributed by atoms with van der Waals surface area (Å²) in [7, 11) is 0. The van der Waals surface area contributed by atoms with Gasteiger partial charge in [0.1, 0.15) is 11.5 Å². The second-order valence-corrected chi connectivity index (χ2v) is 7.01. The number of rotatable bonds is 3. The van der Waals surface area contributed by atoms with Crippen LogP contribution in [0.4, 0.5) is 0 Å². The van der Waals surface area contributed by atoms with E-state index >= 15 is 0 Å². The summed E-state index contributed by atoms with van der Waals surface area (Å²) in [4.78, 5) is 16.3. The summed E-state index contributed by atoms with van der Waals surface area (Å²) in [5.74, 6) is 1.15.